The van der Waals surface area contributed by atoms with E-state index in [9.17, 15) is 27.6 Å². The Morgan fingerprint density at radius 1 is 1.05 bits per heavy atom. The number of hydrogen-bond acceptors (Lipinski definition) is 4. The Balaban J connectivity index is 1.30. The van der Waals surface area contributed by atoms with Crippen LogP contribution in [0.1, 0.15) is 86.1 Å². The van der Waals surface area contributed by atoms with E-state index >= 15 is 0 Å². The normalized spacial score (nSPS) is 19.6. The summed E-state index contributed by atoms with van der Waals surface area (Å²) < 4.78 is 39.3. The van der Waals surface area contributed by atoms with Crippen molar-refractivity contribution in [2.45, 2.75) is 83.1 Å². The van der Waals surface area contributed by atoms with E-state index in [1.54, 1.807) is 35.1 Å². The van der Waals surface area contributed by atoms with Crippen molar-refractivity contribution in [3.05, 3.63) is 47.3 Å². The Kier molecular flexibility index (Phi) is 7.43. The van der Waals surface area contributed by atoms with Gasteiger partial charge in [-0.15, -0.1) is 0 Å². The van der Waals surface area contributed by atoms with E-state index in [4.69, 9.17) is 0 Å². The number of benzene rings is 1. The molecule has 0 spiro atoms. The zero-order chi connectivity index (χ0) is 27.9. The first-order chi connectivity index (χ1) is 18.5. The van der Waals surface area contributed by atoms with Gasteiger partial charge in [-0.2, -0.15) is 18.3 Å². The van der Waals surface area contributed by atoms with E-state index in [2.05, 4.69) is 21.0 Å². The van der Waals surface area contributed by atoms with Crippen molar-refractivity contribution < 1.29 is 27.6 Å². The van der Waals surface area contributed by atoms with Gasteiger partial charge in [0.15, 0.2) is 0 Å². The average molecular weight is 546 g/mol. The molecule has 0 bridgehead atoms. The minimum absolute atomic E-state index is 0.0100. The van der Waals surface area contributed by atoms with Crippen LogP contribution in [0.4, 0.5) is 18.9 Å². The number of rotatable bonds is 10. The highest BCUT2D eigenvalue weighted by atomic mass is 19.4. The van der Waals surface area contributed by atoms with E-state index in [1.807, 2.05) is 13.8 Å². The zero-order valence-corrected chi connectivity index (χ0v) is 22.1. The maximum atomic E-state index is 13.7. The molecule has 8 nitrogen and oxygen atoms in total. The van der Waals surface area contributed by atoms with E-state index < -0.39 is 30.6 Å². The lowest BCUT2D eigenvalue weighted by Gasteiger charge is -2.28. The van der Waals surface area contributed by atoms with Crippen LogP contribution in [0.25, 0.3) is 0 Å². The van der Waals surface area contributed by atoms with Crippen LogP contribution in [0, 0.1) is 17.8 Å². The summed E-state index contributed by atoms with van der Waals surface area (Å²) in [6.07, 6.45) is 0.755. The number of nitrogens with zero attached hydrogens (tertiary/aromatic N) is 2. The molecule has 2 fully saturated rings. The van der Waals surface area contributed by atoms with E-state index in [-0.39, 0.29) is 23.8 Å². The Labute approximate surface area is 225 Å². The summed E-state index contributed by atoms with van der Waals surface area (Å²) in [6, 6.07) is 5.69. The summed E-state index contributed by atoms with van der Waals surface area (Å²) in [5, 5.41) is 12.7. The molecule has 0 radical (unpaired) electrons. The average Bonchev–Trinajstić information content (AvgIpc) is 3.78. The number of aryl methyl sites for hydroxylation is 1. The van der Waals surface area contributed by atoms with Gasteiger partial charge in [0, 0.05) is 17.9 Å². The molecule has 1 heterocycles. The van der Waals surface area contributed by atoms with Crippen LogP contribution < -0.4 is 16.0 Å². The van der Waals surface area contributed by atoms with Crippen molar-refractivity contribution in [1.82, 2.24) is 20.4 Å². The summed E-state index contributed by atoms with van der Waals surface area (Å²) in [6.45, 7) is 3.87. The van der Waals surface area contributed by atoms with Crippen LogP contribution >= 0.6 is 0 Å². The highest BCUT2D eigenvalue weighted by Gasteiger charge is 2.48. The Morgan fingerprint density at radius 2 is 1.74 bits per heavy atom. The van der Waals surface area contributed by atoms with Gasteiger partial charge < -0.3 is 16.0 Å². The number of hydrogen-bond donors (Lipinski definition) is 3. The largest absolute Gasteiger partial charge is 0.397 e. The molecular weight excluding hydrogens is 511 g/mol. The van der Waals surface area contributed by atoms with Crippen LogP contribution in [0.5, 0.6) is 0 Å². The van der Waals surface area contributed by atoms with Gasteiger partial charge in [-0.05, 0) is 99.5 Å². The van der Waals surface area contributed by atoms with Crippen LogP contribution in [0.3, 0.4) is 0 Å². The molecule has 0 unspecified atom stereocenters. The van der Waals surface area contributed by atoms with Crippen molar-refractivity contribution in [1.29, 1.82) is 0 Å². The number of carbonyl (C=O) groups is 3. The standard InChI is InChI=1S/C28H34F3N5O3/c1-15(2)36-22(11-12-32-36)26(38)35-25(24(16-3-4-16)17-5-6-17)27(39)33-19-8-9-20-18(13-19)7-10-21(20)34-23(37)14-28(29,30)31/h8-9,11-13,15-17,21,24-25H,3-7,10,14H2,1-2H3,(H,33,39)(H,34,37)(H,35,38)/t21-,25+/m1/s1. The molecule has 11 heteroatoms. The van der Waals surface area contributed by atoms with Gasteiger partial charge in [0.05, 0.1) is 6.04 Å². The topological polar surface area (TPSA) is 105 Å². The number of anilines is 1. The molecule has 2 saturated carbocycles. The smallest absolute Gasteiger partial charge is 0.349 e. The lowest BCUT2D eigenvalue weighted by atomic mass is 9.88. The van der Waals surface area contributed by atoms with Crippen LogP contribution in [-0.4, -0.2) is 39.7 Å². The number of fused-ring (bicyclic) bond motifs is 1. The first-order valence-electron chi connectivity index (χ1n) is 13.6. The van der Waals surface area contributed by atoms with Gasteiger partial charge in [0.2, 0.25) is 11.8 Å². The molecule has 5 rings (SSSR count). The number of nitrogens with one attached hydrogen (secondary N) is 3. The molecule has 0 saturated heterocycles. The van der Waals surface area contributed by atoms with Crippen molar-refractivity contribution >= 4 is 23.4 Å². The molecule has 3 amide bonds. The second kappa shape index (κ2) is 10.7. The minimum Gasteiger partial charge on any atom is -0.349 e. The fourth-order valence-electron chi connectivity index (χ4n) is 5.84. The number of carbonyl (C=O) groups excluding carboxylic acids is 3. The fourth-order valence-corrected chi connectivity index (χ4v) is 5.84. The van der Waals surface area contributed by atoms with Crippen LogP contribution in [-0.2, 0) is 16.0 Å². The summed E-state index contributed by atoms with van der Waals surface area (Å²) in [7, 11) is 0. The summed E-state index contributed by atoms with van der Waals surface area (Å²) in [4.78, 5) is 38.8. The van der Waals surface area contributed by atoms with Crippen LogP contribution in [0.2, 0.25) is 0 Å². The van der Waals surface area contributed by atoms with Gasteiger partial charge in [-0.3, -0.25) is 19.1 Å². The predicted octanol–water partition coefficient (Wildman–Crippen LogP) is 4.69. The molecule has 1 aromatic heterocycles. The number of alkyl halides is 3. The number of aromatic nitrogens is 2. The first-order valence-corrected chi connectivity index (χ1v) is 13.6. The maximum absolute atomic E-state index is 13.7. The summed E-state index contributed by atoms with van der Waals surface area (Å²) in [5.41, 5.74) is 2.58. The Bertz CT molecular complexity index is 1240. The molecule has 210 valence electrons. The number of halogens is 3. The SMILES string of the molecule is CC(C)n1nccc1C(=O)N[C@H](C(=O)Nc1ccc2c(c1)CC[C@H]2NC(=O)CC(F)(F)F)C(C1CC1)C1CC1. The molecule has 1 aromatic carbocycles. The fraction of sp³-hybridized carbons (Fsp3) is 0.571. The second-order valence-electron chi connectivity index (χ2n) is 11.3. The predicted molar refractivity (Wildman–Crippen MR) is 138 cm³/mol. The van der Waals surface area contributed by atoms with Crippen molar-refractivity contribution in [2.75, 3.05) is 5.32 Å². The van der Waals surface area contributed by atoms with Crippen molar-refractivity contribution in [2.24, 2.45) is 17.8 Å². The lowest BCUT2D eigenvalue weighted by Crippen LogP contribution is -2.50. The molecule has 2 aromatic rings. The molecule has 3 aliphatic carbocycles. The highest BCUT2D eigenvalue weighted by molar-refractivity contribution is 6.01. The van der Waals surface area contributed by atoms with E-state index in [0.717, 1.165) is 36.8 Å². The molecule has 39 heavy (non-hydrogen) atoms. The molecule has 2 atom stereocenters. The van der Waals surface area contributed by atoms with Gasteiger partial charge in [-0.1, -0.05) is 6.07 Å². The second-order valence-corrected chi connectivity index (χ2v) is 11.3. The molecule has 3 N–H and O–H groups in total. The summed E-state index contributed by atoms with van der Waals surface area (Å²) >= 11 is 0. The third-order valence-corrected chi connectivity index (χ3v) is 7.86. The quantitative estimate of drug-likeness (QED) is 0.403. The molecular formula is C28H34F3N5O3. The van der Waals surface area contributed by atoms with Gasteiger partial charge in [-0.25, -0.2) is 0 Å². The molecule has 3 aliphatic rings. The zero-order valence-electron chi connectivity index (χ0n) is 22.1. The van der Waals surface area contributed by atoms with Crippen molar-refractivity contribution in [3.63, 3.8) is 0 Å². The van der Waals surface area contributed by atoms with Crippen LogP contribution in [0.15, 0.2) is 30.5 Å². The van der Waals surface area contributed by atoms with Gasteiger partial charge in [0.25, 0.3) is 5.91 Å². The van der Waals surface area contributed by atoms with Crippen molar-refractivity contribution in [3.8, 4) is 0 Å². The highest BCUT2D eigenvalue weighted by Crippen LogP contribution is 2.51. The van der Waals surface area contributed by atoms with E-state index in [1.165, 1.54) is 0 Å². The number of amides is 3. The third kappa shape index (κ3) is 6.45. The van der Waals surface area contributed by atoms with Gasteiger partial charge in [0.1, 0.15) is 18.2 Å². The lowest BCUT2D eigenvalue weighted by molar-refractivity contribution is -0.154. The maximum Gasteiger partial charge on any atom is 0.397 e. The summed E-state index contributed by atoms with van der Waals surface area (Å²) in [5.74, 6) is -0.794. The molecule has 0 aliphatic heterocycles. The minimum atomic E-state index is -4.56. The monoisotopic (exact) mass is 545 g/mol. The third-order valence-electron chi connectivity index (χ3n) is 7.86. The van der Waals surface area contributed by atoms with Gasteiger partial charge >= 0.3 is 6.18 Å². The Hall–Kier alpha value is -3.37. The first kappa shape index (κ1) is 27.2. The van der Waals surface area contributed by atoms with E-state index in [0.29, 0.717) is 36.1 Å². The Morgan fingerprint density at radius 3 is 2.36 bits per heavy atom.